The molecule has 0 saturated carbocycles. The van der Waals surface area contributed by atoms with Crippen LogP contribution in [-0.2, 0) is 13.0 Å². The molecule has 0 radical (unpaired) electrons. The fourth-order valence-corrected chi connectivity index (χ4v) is 2.85. The zero-order valence-electron chi connectivity index (χ0n) is 11.4. The molecule has 2 aromatic rings. The first-order chi connectivity index (χ1) is 9.22. The number of likely N-dealkylation sites (N-methyl/N-ethyl adjacent to an activating group) is 1. The molecule has 0 bridgehead atoms. The largest absolute Gasteiger partial charge is 0.299 e. The second-order valence-corrected chi connectivity index (χ2v) is 5.21. The Kier molecular flexibility index (Phi) is 3.07. The van der Waals surface area contributed by atoms with Crippen LogP contribution in [0.15, 0.2) is 18.2 Å². The van der Waals surface area contributed by atoms with Gasteiger partial charge in [0.1, 0.15) is 0 Å². The third-order valence-corrected chi connectivity index (χ3v) is 3.98. The van der Waals surface area contributed by atoms with Crippen LogP contribution in [0.5, 0.6) is 0 Å². The third-order valence-electron chi connectivity index (χ3n) is 3.98. The normalized spacial score (nSPS) is 15.5. The topological polar surface area (TPSA) is 33.2 Å². The number of benzene rings is 1. The van der Waals surface area contributed by atoms with E-state index in [9.17, 15) is 4.79 Å². The first-order valence-electron chi connectivity index (χ1n) is 6.82. The van der Waals surface area contributed by atoms with Crippen LogP contribution >= 0.6 is 0 Å². The summed E-state index contributed by atoms with van der Waals surface area (Å²) < 4.78 is 0. The van der Waals surface area contributed by atoms with E-state index in [0.29, 0.717) is 0 Å². The van der Waals surface area contributed by atoms with Crippen molar-refractivity contribution in [2.45, 2.75) is 26.8 Å². The summed E-state index contributed by atoms with van der Waals surface area (Å²) in [4.78, 5) is 18.7. The minimum Gasteiger partial charge on any atom is -0.299 e. The molecule has 0 spiro atoms. The van der Waals surface area contributed by atoms with Gasteiger partial charge >= 0.3 is 0 Å². The maximum absolute atomic E-state index is 11.6. The van der Waals surface area contributed by atoms with Gasteiger partial charge in [0.15, 0.2) is 6.29 Å². The summed E-state index contributed by atoms with van der Waals surface area (Å²) in [6.45, 7) is 7.10. The first-order valence-corrected chi connectivity index (χ1v) is 6.82. The minimum atomic E-state index is 0.835. The number of aldehydes is 1. The van der Waals surface area contributed by atoms with Crippen molar-refractivity contribution in [1.82, 2.24) is 9.88 Å². The van der Waals surface area contributed by atoms with Crippen LogP contribution in [0.3, 0.4) is 0 Å². The Morgan fingerprint density at radius 3 is 3.00 bits per heavy atom. The van der Waals surface area contributed by atoms with Crippen molar-refractivity contribution < 1.29 is 4.79 Å². The number of nitrogens with zero attached hydrogens (tertiary/aromatic N) is 2. The van der Waals surface area contributed by atoms with Gasteiger partial charge in [-0.1, -0.05) is 18.6 Å². The molecule has 1 aliphatic heterocycles. The molecule has 19 heavy (non-hydrogen) atoms. The van der Waals surface area contributed by atoms with Crippen molar-refractivity contribution in [2.24, 2.45) is 0 Å². The van der Waals surface area contributed by atoms with E-state index in [4.69, 9.17) is 4.98 Å². The van der Waals surface area contributed by atoms with Crippen molar-refractivity contribution in [3.8, 4) is 0 Å². The number of hydrogen-bond acceptors (Lipinski definition) is 3. The second kappa shape index (κ2) is 4.74. The lowest BCUT2D eigenvalue weighted by Gasteiger charge is -2.28. The maximum atomic E-state index is 11.6. The van der Waals surface area contributed by atoms with Gasteiger partial charge in [0.25, 0.3) is 0 Å². The molecule has 0 N–H and O–H groups in total. The quantitative estimate of drug-likeness (QED) is 0.773. The molecule has 1 aromatic carbocycles. The molecule has 0 aliphatic carbocycles. The molecule has 0 atom stereocenters. The van der Waals surface area contributed by atoms with Gasteiger partial charge in [-0.05, 0) is 31.2 Å². The Morgan fingerprint density at radius 1 is 1.42 bits per heavy atom. The van der Waals surface area contributed by atoms with E-state index < -0.39 is 0 Å². The summed E-state index contributed by atoms with van der Waals surface area (Å²) in [5.41, 5.74) is 5.17. The maximum Gasteiger partial charge on any atom is 0.151 e. The average Bonchev–Trinajstić information content (AvgIpc) is 2.44. The van der Waals surface area contributed by atoms with E-state index in [1.807, 2.05) is 13.0 Å². The molecular weight excluding hydrogens is 236 g/mol. The van der Waals surface area contributed by atoms with Gasteiger partial charge in [0.05, 0.1) is 5.52 Å². The molecule has 3 rings (SSSR count). The van der Waals surface area contributed by atoms with Crippen LogP contribution in [-0.4, -0.2) is 29.3 Å². The standard InChI is InChI=1S/C16H18N2O/c1-3-18-7-6-16-13(9-18)14(10-19)12-8-11(2)4-5-15(12)17-16/h4-5,8,10H,3,6-7,9H2,1-2H3. The summed E-state index contributed by atoms with van der Waals surface area (Å²) in [6.07, 6.45) is 1.94. The third kappa shape index (κ3) is 2.04. The second-order valence-electron chi connectivity index (χ2n) is 5.21. The van der Waals surface area contributed by atoms with Gasteiger partial charge in [0.2, 0.25) is 0 Å². The van der Waals surface area contributed by atoms with Crippen LogP contribution in [0.1, 0.15) is 34.1 Å². The van der Waals surface area contributed by atoms with Gasteiger partial charge in [-0.2, -0.15) is 0 Å². The van der Waals surface area contributed by atoms with Crippen molar-refractivity contribution in [3.63, 3.8) is 0 Å². The van der Waals surface area contributed by atoms with E-state index >= 15 is 0 Å². The van der Waals surface area contributed by atoms with Gasteiger partial charge in [0, 0.05) is 36.2 Å². The van der Waals surface area contributed by atoms with Gasteiger partial charge in [-0.3, -0.25) is 14.7 Å². The smallest absolute Gasteiger partial charge is 0.151 e. The predicted octanol–water partition coefficient (Wildman–Crippen LogP) is 2.73. The Hall–Kier alpha value is -1.74. The summed E-state index contributed by atoms with van der Waals surface area (Å²) in [6, 6.07) is 6.14. The van der Waals surface area contributed by atoms with Crippen molar-refractivity contribution >= 4 is 17.2 Å². The molecule has 1 aromatic heterocycles. The monoisotopic (exact) mass is 254 g/mol. The van der Waals surface area contributed by atoms with Crippen LogP contribution in [0, 0.1) is 6.92 Å². The predicted molar refractivity (Wildman–Crippen MR) is 76.5 cm³/mol. The van der Waals surface area contributed by atoms with Gasteiger partial charge < -0.3 is 0 Å². The summed E-state index contributed by atoms with van der Waals surface area (Å²) in [7, 11) is 0. The van der Waals surface area contributed by atoms with E-state index in [1.54, 1.807) is 0 Å². The molecule has 0 fully saturated rings. The lowest BCUT2D eigenvalue weighted by Crippen LogP contribution is -2.31. The molecule has 2 heterocycles. The Balaban J connectivity index is 2.26. The van der Waals surface area contributed by atoms with E-state index in [0.717, 1.165) is 60.1 Å². The van der Waals surface area contributed by atoms with Crippen LogP contribution < -0.4 is 0 Å². The number of fused-ring (bicyclic) bond motifs is 2. The fraction of sp³-hybridized carbons (Fsp3) is 0.375. The Morgan fingerprint density at radius 2 is 2.26 bits per heavy atom. The molecular formula is C16H18N2O. The highest BCUT2D eigenvalue weighted by atomic mass is 16.1. The van der Waals surface area contributed by atoms with E-state index in [2.05, 4.69) is 24.0 Å². The summed E-state index contributed by atoms with van der Waals surface area (Å²) in [5, 5.41) is 0.992. The highest BCUT2D eigenvalue weighted by Gasteiger charge is 2.21. The number of pyridine rings is 1. The summed E-state index contributed by atoms with van der Waals surface area (Å²) in [5.74, 6) is 0. The van der Waals surface area contributed by atoms with Gasteiger partial charge in [-0.25, -0.2) is 0 Å². The zero-order chi connectivity index (χ0) is 13.4. The number of carbonyl (C=O) groups excluding carboxylic acids is 1. The molecule has 1 aliphatic rings. The number of hydrogen-bond donors (Lipinski definition) is 0. The lowest BCUT2D eigenvalue weighted by molar-refractivity contribution is 0.112. The van der Waals surface area contributed by atoms with Crippen molar-refractivity contribution in [3.05, 3.63) is 40.6 Å². The van der Waals surface area contributed by atoms with Crippen LogP contribution in [0.25, 0.3) is 10.9 Å². The van der Waals surface area contributed by atoms with E-state index in [1.165, 1.54) is 5.56 Å². The van der Waals surface area contributed by atoms with Crippen molar-refractivity contribution in [1.29, 1.82) is 0 Å². The molecule has 3 heteroatoms. The Bertz CT molecular complexity index is 649. The van der Waals surface area contributed by atoms with Crippen LogP contribution in [0.2, 0.25) is 0 Å². The number of aromatic nitrogens is 1. The highest BCUT2D eigenvalue weighted by molar-refractivity contribution is 5.98. The SMILES string of the molecule is CCN1CCc2nc3ccc(C)cc3c(C=O)c2C1. The highest BCUT2D eigenvalue weighted by Crippen LogP contribution is 2.27. The first kappa shape index (κ1) is 12.3. The molecule has 0 saturated heterocycles. The van der Waals surface area contributed by atoms with Crippen LogP contribution in [0.4, 0.5) is 0 Å². The number of rotatable bonds is 2. The molecule has 0 unspecified atom stereocenters. The number of carbonyl (C=O) groups is 1. The van der Waals surface area contributed by atoms with Crippen molar-refractivity contribution in [2.75, 3.05) is 13.1 Å². The van der Waals surface area contributed by atoms with E-state index in [-0.39, 0.29) is 0 Å². The zero-order valence-corrected chi connectivity index (χ0v) is 11.4. The molecule has 0 amide bonds. The minimum absolute atomic E-state index is 0.835. The van der Waals surface area contributed by atoms with Gasteiger partial charge in [-0.15, -0.1) is 0 Å². The lowest BCUT2D eigenvalue weighted by atomic mass is 9.96. The average molecular weight is 254 g/mol. The fourth-order valence-electron chi connectivity index (χ4n) is 2.85. The number of aryl methyl sites for hydroxylation is 1. The summed E-state index contributed by atoms with van der Waals surface area (Å²) >= 11 is 0. The molecule has 98 valence electrons. The molecule has 3 nitrogen and oxygen atoms in total. The Labute approximate surface area is 113 Å².